The topological polar surface area (TPSA) is 15.3 Å². The second-order valence-electron chi connectivity index (χ2n) is 6.96. The maximum atomic E-state index is 3.75. The summed E-state index contributed by atoms with van der Waals surface area (Å²) in [5.74, 6) is 2.60. The van der Waals surface area contributed by atoms with Gasteiger partial charge in [0, 0.05) is 37.0 Å². The molecule has 18 heavy (non-hydrogen) atoms. The summed E-state index contributed by atoms with van der Waals surface area (Å²) < 4.78 is 0. The molecule has 1 aliphatic heterocycles. The van der Waals surface area contributed by atoms with E-state index in [4.69, 9.17) is 0 Å². The average molecular weight is 273 g/mol. The zero-order chi connectivity index (χ0) is 13.8. The van der Waals surface area contributed by atoms with Crippen LogP contribution < -0.4 is 5.32 Å². The molecule has 0 amide bonds. The second-order valence-corrected chi connectivity index (χ2v) is 7.99. The van der Waals surface area contributed by atoms with E-state index < -0.39 is 0 Å². The molecule has 1 rings (SSSR count). The zero-order valence-corrected chi connectivity index (χ0v) is 13.9. The molecular weight excluding hydrogens is 240 g/mol. The van der Waals surface area contributed by atoms with Crippen LogP contribution in [0.5, 0.6) is 0 Å². The molecule has 0 aromatic carbocycles. The number of thioether (sulfide) groups is 1. The van der Waals surface area contributed by atoms with Crippen LogP contribution in [0.25, 0.3) is 0 Å². The lowest BCUT2D eigenvalue weighted by atomic mass is 9.88. The number of rotatable bonds is 6. The molecule has 1 fully saturated rings. The van der Waals surface area contributed by atoms with Gasteiger partial charge < -0.3 is 5.32 Å². The Kier molecular flexibility index (Phi) is 6.49. The molecule has 0 spiro atoms. The molecule has 1 heterocycles. The Morgan fingerprint density at radius 1 is 1.22 bits per heavy atom. The largest absolute Gasteiger partial charge is 0.312 e. The molecule has 1 unspecified atom stereocenters. The summed E-state index contributed by atoms with van der Waals surface area (Å²) in [6, 6.07) is 1.99. The lowest BCUT2D eigenvalue weighted by Gasteiger charge is -2.36. The van der Waals surface area contributed by atoms with Gasteiger partial charge in [0.05, 0.1) is 0 Å². The molecule has 1 N–H and O–H groups in total. The van der Waals surface area contributed by atoms with Crippen molar-refractivity contribution < 1.29 is 0 Å². The minimum absolute atomic E-state index is 0.510. The molecule has 0 aliphatic carbocycles. The van der Waals surface area contributed by atoms with E-state index >= 15 is 0 Å². The molecule has 0 aromatic rings. The predicted octanol–water partition coefficient (Wildman–Crippen LogP) is 3.23. The van der Waals surface area contributed by atoms with E-state index in [0.717, 1.165) is 13.1 Å². The van der Waals surface area contributed by atoms with Crippen LogP contribution in [0.15, 0.2) is 0 Å². The van der Waals surface area contributed by atoms with Gasteiger partial charge in [-0.05, 0) is 45.3 Å². The van der Waals surface area contributed by atoms with E-state index in [2.05, 4.69) is 63.5 Å². The van der Waals surface area contributed by atoms with Crippen LogP contribution >= 0.6 is 11.8 Å². The number of hydrogen-bond acceptors (Lipinski definition) is 3. The second kappa shape index (κ2) is 7.16. The Labute approximate surface area is 118 Å². The third-order valence-corrected chi connectivity index (χ3v) is 5.36. The summed E-state index contributed by atoms with van der Waals surface area (Å²) in [4.78, 5) is 2.56. The van der Waals surface area contributed by atoms with Gasteiger partial charge >= 0.3 is 0 Å². The van der Waals surface area contributed by atoms with Crippen molar-refractivity contribution in [3.63, 3.8) is 0 Å². The van der Waals surface area contributed by atoms with Crippen molar-refractivity contribution in [2.75, 3.05) is 24.6 Å². The summed E-state index contributed by atoms with van der Waals surface area (Å²) in [7, 11) is 0. The highest BCUT2D eigenvalue weighted by Crippen LogP contribution is 2.33. The predicted molar refractivity (Wildman–Crippen MR) is 84.5 cm³/mol. The molecule has 0 radical (unpaired) electrons. The van der Waals surface area contributed by atoms with Gasteiger partial charge in [-0.2, -0.15) is 11.8 Å². The summed E-state index contributed by atoms with van der Waals surface area (Å²) in [5.41, 5.74) is 0.510. The minimum Gasteiger partial charge on any atom is -0.312 e. The monoisotopic (exact) mass is 272 g/mol. The van der Waals surface area contributed by atoms with Crippen LogP contribution in [-0.2, 0) is 0 Å². The normalized spacial score (nSPS) is 24.2. The first-order chi connectivity index (χ1) is 8.32. The first-order valence-electron chi connectivity index (χ1n) is 7.39. The highest BCUT2D eigenvalue weighted by atomic mass is 32.2. The SMILES string of the molecule is CC(C)N(CCNC1CSCC(C)(C)C1)C(C)C. The van der Waals surface area contributed by atoms with Gasteiger partial charge in [-0.3, -0.25) is 4.90 Å². The average Bonchev–Trinajstić information content (AvgIpc) is 2.21. The molecule has 1 aliphatic rings. The smallest absolute Gasteiger partial charge is 0.0164 e. The summed E-state index contributed by atoms with van der Waals surface area (Å²) >= 11 is 2.11. The summed E-state index contributed by atoms with van der Waals surface area (Å²) in [6.07, 6.45) is 1.32. The lowest BCUT2D eigenvalue weighted by molar-refractivity contribution is 0.172. The number of nitrogens with one attached hydrogen (secondary N) is 1. The van der Waals surface area contributed by atoms with Crippen LogP contribution in [-0.4, -0.2) is 47.6 Å². The lowest BCUT2D eigenvalue weighted by Crippen LogP contribution is -2.46. The molecule has 1 saturated heterocycles. The zero-order valence-electron chi connectivity index (χ0n) is 13.1. The Hall–Kier alpha value is 0.270. The van der Waals surface area contributed by atoms with Gasteiger partial charge in [-0.1, -0.05) is 13.8 Å². The highest BCUT2D eigenvalue weighted by molar-refractivity contribution is 7.99. The van der Waals surface area contributed by atoms with Crippen molar-refractivity contribution in [3.05, 3.63) is 0 Å². The van der Waals surface area contributed by atoms with Gasteiger partial charge in [0.25, 0.3) is 0 Å². The summed E-state index contributed by atoms with van der Waals surface area (Å²) in [6.45, 7) is 16.2. The van der Waals surface area contributed by atoms with Crippen molar-refractivity contribution in [1.82, 2.24) is 10.2 Å². The van der Waals surface area contributed by atoms with E-state index in [-0.39, 0.29) is 0 Å². The number of hydrogen-bond donors (Lipinski definition) is 1. The Morgan fingerprint density at radius 2 is 1.83 bits per heavy atom. The third kappa shape index (κ3) is 5.50. The van der Waals surface area contributed by atoms with E-state index in [9.17, 15) is 0 Å². The molecule has 108 valence electrons. The van der Waals surface area contributed by atoms with E-state index in [1.54, 1.807) is 0 Å². The fraction of sp³-hybridized carbons (Fsp3) is 1.00. The quantitative estimate of drug-likeness (QED) is 0.799. The number of nitrogens with zero attached hydrogens (tertiary/aromatic N) is 1. The van der Waals surface area contributed by atoms with Gasteiger partial charge in [0.2, 0.25) is 0 Å². The first kappa shape index (κ1) is 16.3. The molecule has 0 bridgehead atoms. The summed E-state index contributed by atoms with van der Waals surface area (Å²) in [5, 5.41) is 3.75. The third-order valence-electron chi connectivity index (χ3n) is 3.74. The van der Waals surface area contributed by atoms with Gasteiger partial charge in [-0.25, -0.2) is 0 Å². The Morgan fingerprint density at radius 3 is 2.33 bits per heavy atom. The first-order valence-corrected chi connectivity index (χ1v) is 8.54. The Balaban J connectivity index is 2.28. The van der Waals surface area contributed by atoms with Crippen LogP contribution in [0.2, 0.25) is 0 Å². The van der Waals surface area contributed by atoms with Crippen molar-refractivity contribution in [2.24, 2.45) is 5.41 Å². The van der Waals surface area contributed by atoms with Crippen molar-refractivity contribution >= 4 is 11.8 Å². The van der Waals surface area contributed by atoms with E-state index in [0.29, 0.717) is 23.5 Å². The van der Waals surface area contributed by atoms with E-state index in [1.807, 2.05) is 0 Å². The van der Waals surface area contributed by atoms with E-state index in [1.165, 1.54) is 17.9 Å². The Bertz CT molecular complexity index is 231. The van der Waals surface area contributed by atoms with Crippen LogP contribution in [0.1, 0.15) is 48.0 Å². The standard InChI is InChI=1S/C15H32N2S/c1-12(2)17(13(3)4)8-7-16-14-9-15(5,6)11-18-10-14/h12-14,16H,7-11H2,1-6H3. The fourth-order valence-electron chi connectivity index (χ4n) is 2.90. The molecule has 0 aromatic heterocycles. The van der Waals surface area contributed by atoms with Crippen molar-refractivity contribution in [3.8, 4) is 0 Å². The maximum Gasteiger partial charge on any atom is 0.0164 e. The maximum absolute atomic E-state index is 3.75. The van der Waals surface area contributed by atoms with Crippen molar-refractivity contribution in [1.29, 1.82) is 0 Å². The van der Waals surface area contributed by atoms with Gasteiger partial charge in [0.1, 0.15) is 0 Å². The molecule has 1 atom stereocenters. The van der Waals surface area contributed by atoms with Crippen LogP contribution in [0.4, 0.5) is 0 Å². The van der Waals surface area contributed by atoms with Gasteiger partial charge in [-0.15, -0.1) is 0 Å². The van der Waals surface area contributed by atoms with Crippen LogP contribution in [0.3, 0.4) is 0 Å². The van der Waals surface area contributed by atoms with Gasteiger partial charge in [0.15, 0.2) is 0 Å². The fourth-order valence-corrected chi connectivity index (χ4v) is 4.21. The van der Waals surface area contributed by atoms with Crippen LogP contribution in [0, 0.1) is 5.41 Å². The molecule has 2 nitrogen and oxygen atoms in total. The highest BCUT2D eigenvalue weighted by Gasteiger charge is 2.28. The van der Waals surface area contributed by atoms with Crippen molar-refractivity contribution in [2.45, 2.75) is 66.1 Å². The molecular formula is C15H32N2S. The minimum atomic E-state index is 0.510. The molecule has 3 heteroatoms. The molecule has 0 saturated carbocycles.